The summed E-state index contributed by atoms with van der Waals surface area (Å²) < 4.78 is 5.71. The number of carbonyl (C=O) groups is 2. The first-order chi connectivity index (χ1) is 11.0. The number of hydrogen-bond donors (Lipinski definition) is 1. The number of carboxylic acids is 1. The van der Waals surface area contributed by atoms with E-state index in [9.17, 15) is 14.7 Å². The summed E-state index contributed by atoms with van der Waals surface area (Å²) in [7, 11) is 0. The number of rotatable bonds is 2. The maximum Gasteiger partial charge on any atom is 0.310 e. The zero-order valence-corrected chi connectivity index (χ0v) is 13.3. The molecule has 2 bridgehead atoms. The van der Waals surface area contributed by atoms with E-state index in [1.807, 2.05) is 18.2 Å². The van der Waals surface area contributed by atoms with Crippen LogP contribution >= 0.6 is 11.6 Å². The van der Waals surface area contributed by atoms with Crippen molar-refractivity contribution in [1.82, 2.24) is 4.90 Å². The minimum atomic E-state index is -0.917. The lowest BCUT2D eigenvalue weighted by atomic mass is 9.78. The van der Waals surface area contributed by atoms with Gasteiger partial charge in [0, 0.05) is 18.1 Å². The van der Waals surface area contributed by atoms with Gasteiger partial charge in [-0.05, 0) is 42.5 Å². The number of nitrogens with zero attached hydrogens (tertiary/aromatic N) is 1. The molecule has 4 unspecified atom stereocenters. The van der Waals surface area contributed by atoms with Crippen molar-refractivity contribution in [2.75, 3.05) is 6.54 Å². The van der Waals surface area contributed by atoms with Gasteiger partial charge in [0.25, 0.3) is 0 Å². The summed E-state index contributed by atoms with van der Waals surface area (Å²) in [6.45, 7) is 1.12. The molecule has 4 atom stereocenters. The molecule has 4 rings (SSSR count). The number of aliphatic carboxylic acids is 1. The second-order valence-electron chi connectivity index (χ2n) is 6.60. The normalized spacial score (nSPS) is 32.0. The maximum atomic E-state index is 12.9. The topological polar surface area (TPSA) is 66.8 Å². The molecule has 0 aromatic heterocycles. The minimum Gasteiger partial charge on any atom is -0.481 e. The van der Waals surface area contributed by atoms with Gasteiger partial charge in [-0.2, -0.15) is 0 Å². The molecule has 1 N–H and O–H groups in total. The molecule has 2 saturated heterocycles. The van der Waals surface area contributed by atoms with Crippen LogP contribution in [-0.4, -0.2) is 40.6 Å². The smallest absolute Gasteiger partial charge is 0.310 e. The second kappa shape index (κ2) is 5.49. The first-order valence-electron chi connectivity index (χ1n) is 7.99. The van der Waals surface area contributed by atoms with Crippen molar-refractivity contribution in [3.05, 3.63) is 34.3 Å². The summed E-state index contributed by atoms with van der Waals surface area (Å²) in [5, 5.41) is 10.2. The summed E-state index contributed by atoms with van der Waals surface area (Å²) in [5.74, 6) is -2.24. The zero-order valence-electron chi connectivity index (χ0n) is 12.6. The number of fused-ring (bicyclic) bond motifs is 3. The number of ether oxygens (including phenoxy) is 1. The summed E-state index contributed by atoms with van der Waals surface area (Å²) >= 11 is 6.01. The quantitative estimate of drug-likeness (QED) is 0.898. The van der Waals surface area contributed by atoms with Crippen LogP contribution in [0.4, 0.5) is 0 Å². The van der Waals surface area contributed by atoms with Crippen LogP contribution in [0.5, 0.6) is 0 Å². The van der Waals surface area contributed by atoms with Crippen LogP contribution < -0.4 is 0 Å². The lowest BCUT2D eigenvalue weighted by Gasteiger charge is -2.34. The van der Waals surface area contributed by atoms with Gasteiger partial charge < -0.3 is 14.7 Å². The number of benzene rings is 1. The first kappa shape index (κ1) is 15.0. The Balaban J connectivity index is 1.56. The standard InChI is InChI=1S/C17H18ClNO4/c18-11-2-1-10-8-19(6-5-9(10)7-11)16(20)14-12-3-4-13(23-12)15(14)17(21)22/h1-2,7,12-15H,3-6,8H2,(H,21,22). The second-order valence-corrected chi connectivity index (χ2v) is 7.04. The van der Waals surface area contributed by atoms with Crippen molar-refractivity contribution in [3.63, 3.8) is 0 Å². The van der Waals surface area contributed by atoms with Gasteiger partial charge in [-0.3, -0.25) is 9.59 Å². The number of carbonyl (C=O) groups excluding carboxylic acids is 1. The van der Waals surface area contributed by atoms with Crippen LogP contribution in [0, 0.1) is 11.8 Å². The lowest BCUT2D eigenvalue weighted by molar-refractivity contribution is -0.151. The van der Waals surface area contributed by atoms with E-state index in [4.69, 9.17) is 16.3 Å². The third kappa shape index (κ3) is 2.42. The van der Waals surface area contributed by atoms with E-state index < -0.39 is 17.8 Å². The monoisotopic (exact) mass is 335 g/mol. The van der Waals surface area contributed by atoms with E-state index in [1.54, 1.807) is 4.90 Å². The summed E-state index contributed by atoms with van der Waals surface area (Å²) in [5.41, 5.74) is 2.26. The highest BCUT2D eigenvalue weighted by Crippen LogP contribution is 2.44. The molecule has 23 heavy (non-hydrogen) atoms. The zero-order chi connectivity index (χ0) is 16.1. The highest BCUT2D eigenvalue weighted by atomic mass is 35.5. The lowest BCUT2D eigenvalue weighted by Crippen LogP contribution is -2.47. The van der Waals surface area contributed by atoms with Gasteiger partial charge in [0.1, 0.15) is 0 Å². The fourth-order valence-corrected chi connectivity index (χ4v) is 4.42. The SMILES string of the molecule is O=C(O)C1C2CCC(O2)C1C(=O)N1CCc2cc(Cl)ccc2C1. The molecule has 3 aliphatic heterocycles. The van der Waals surface area contributed by atoms with E-state index >= 15 is 0 Å². The van der Waals surface area contributed by atoms with E-state index in [1.165, 1.54) is 5.56 Å². The van der Waals surface area contributed by atoms with Crippen LogP contribution in [0.2, 0.25) is 5.02 Å². The van der Waals surface area contributed by atoms with Gasteiger partial charge in [0.2, 0.25) is 5.91 Å². The van der Waals surface area contributed by atoms with E-state index in [0.29, 0.717) is 18.1 Å². The summed E-state index contributed by atoms with van der Waals surface area (Å²) in [4.78, 5) is 26.3. The summed E-state index contributed by atoms with van der Waals surface area (Å²) in [6, 6.07) is 5.72. The molecular formula is C17H18ClNO4. The predicted molar refractivity (Wildman–Crippen MR) is 83.1 cm³/mol. The Morgan fingerprint density at radius 2 is 1.91 bits per heavy atom. The third-order valence-electron chi connectivity index (χ3n) is 5.34. The van der Waals surface area contributed by atoms with Crippen LogP contribution in [-0.2, 0) is 27.3 Å². The van der Waals surface area contributed by atoms with Gasteiger partial charge in [-0.25, -0.2) is 0 Å². The minimum absolute atomic E-state index is 0.0785. The Morgan fingerprint density at radius 1 is 1.17 bits per heavy atom. The average Bonchev–Trinajstić information content (AvgIpc) is 3.14. The molecule has 0 spiro atoms. The average molecular weight is 336 g/mol. The Labute approximate surface area is 139 Å². The predicted octanol–water partition coefficient (Wildman–Crippen LogP) is 2.10. The Hall–Kier alpha value is -1.59. The molecule has 0 radical (unpaired) electrons. The van der Waals surface area contributed by atoms with Gasteiger partial charge >= 0.3 is 5.97 Å². The molecule has 1 amide bonds. The molecule has 2 fully saturated rings. The van der Waals surface area contributed by atoms with Crippen molar-refractivity contribution >= 4 is 23.5 Å². The van der Waals surface area contributed by atoms with Crippen molar-refractivity contribution in [1.29, 1.82) is 0 Å². The molecular weight excluding hydrogens is 318 g/mol. The number of amides is 1. The highest BCUT2D eigenvalue weighted by molar-refractivity contribution is 6.30. The number of halogens is 1. The number of carboxylic acid groups (broad SMARTS) is 1. The Bertz CT molecular complexity index is 677. The molecule has 5 nitrogen and oxygen atoms in total. The van der Waals surface area contributed by atoms with Crippen LogP contribution in [0.3, 0.4) is 0 Å². The van der Waals surface area contributed by atoms with Crippen molar-refractivity contribution in [2.24, 2.45) is 11.8 Å². The van der Waals surface area contributed by atoms with Crippen molar-refractivity contribution < 1.29 is 19.4 Å². The molecule has 3 heterocycles. The van der Waals surface area contributed by atoms with E-state index in [0.717, 1.165) is 24.8 Å². The fourth-order valence-electron chi connectivity index (χ4n) is 4.23. The largest absolute Gasteiger partial charge is 0.481 e. The van der Waals surface area contributed by atoms with Gasteiger partial charge in [0.05, 0.1) is 24.0 Å². The van der Waals surface area contributed by atoms with Gasteiger partial charge in [-0.15, -0.1) is 0 Å². The molecule has 1 aromatic rings. The van der Waals surface area contributed by atoms with Crippen LogP contribution in [0.25, 0.3) is 0 Å². The molecule has 1 aromatic carbocycles. The van der Waals surface area contributed by atoms with Gasteiger partial charge in [-0.1, -0.05) is 17.7 Å². The highest BCUT2D eigenvalue weighted by Gasteiger charge is 2.56. The van der Waals surface area contributed by atoms with Crippen LogP contribution in [0.1, 0.15) is 24.0 Å². The Morgan fingerprint density at radius 3 is 2.65 bits per heavy atom. The van der Waals surface area contributed by atoms with E-state index in [-0.39, 0.29) is 18.1 Å². The Kier molecular flexibility index (Phi) is 3.58. The fraction of sp³-hybridized carbons (Fsp3) is 0.529. The third-order valence-corrected chi connectivity index (χ3v) is 5.57. The molecule has 122 valence electrons. The molecule has 6 heteroatoms. The van der Waals surface area contributed by atoms with Crippen LogP contribution in [0.15, 0.2) is 18.2 Å². The maximum absolute atomic E-state index is 12.9. The summed E-state index contributed by atoms with van der Waals surface area (Å²) in [6.07, 6.45) is 1.74. The van der Waals surface area contributed by atoms with Crippen molar-refractivity contribution in [3.8, 4) is 0 Å². The van der Waals surface area contributed by atoms with Gasteiger partial charge in [0.15, 0.2) is 0 Å². The molecule has 0 saturated carbocycles. The van der Waals surface area contributed by atoms with Crippen molar-refractivity contribution in [2.45, 2.75) is 38.0 Å². The number of hydrogen-bond acceptors (Lipinski definition) is 3. The first-order valence-corrected chi connectivity index (χ1v) is 8.37. The molecule has 0 aliphatic carbocycles. The molecule has 3 aliphatic rings. The van der Waals surface area contributed by atoms with E-state index in [2.05, 4.69) is 0 Å².